The zero-order valence-corrected chi connectivity index (χ0v) is 7.63. The van der Waals surface area contributed by atoms with E-state index in [0.29, 0.717) is 5.56 Å². The van der Waals surface area contributed by atoms with Crippen LogP contribution in [-0.2, 0) is 5.54 Å². The van der Waals surface area contributed by atoms with E-state index in [-0.39, 0.29) is 11.4 Å². The minimum Gasteiger partial charge on any atom is -0.384 e. The molecular weight excluding hydrogens is 152 g/mol. The Morgan fingerprint density at radius 3 is 2.42 bits per heavy atom. The maximum atomic E-state index is 7.18. The molecule has 12 heavy (non-hydrogen) atoms. The Labute approximate surface area is 71.9 Å². The van der Waals surface area contributed by atoms with Gasteiger partial charge in [-0.1, -0.05) is 0 Å². The Bertz CT molecular complexity index is 292. The molecule has 66 valence electrons. The molecule has 1 heterocycles. The third-order valence-electron chi connectivity index (χ3n) is 1.58. The number of hydrogen-bond donors (Lipinski definition) is 2. The molecule has 0 saturated heterocycles. The second-order valence-corrected chi connectivity index (χ2v) is 3.76. The number of nitrogens with zero attached hydrogens (tertiary/aromatic N) is 2. The van der Waals surface area contributed by atoms with Crippen LogP contribution in [0.25, 0.3) is 0 Å². The van der Waals surface area contributed by atoms with Crippen LogP contribution in [0, 0.1) is 5.41 Å². The Morgan fingerprint density at radius 1 is 1.58 bits per heavy atom. The molecule has 0 radical (unpaired) electrons. The zero-order chi connectivity index (χ0) is 9.35. The third-order valence-corrected chi connectivity index (χ3v) is 1.58. The predicted molar refractivity (Wildman–Crippen MR) is 48.2 cm³/mol. The molecule has 0 aliphatic heterocycles. The molecule has 0 amide bonds. The van der Waals surface area contributed by atoms with Crippen molar-refractivity contribution in [2.75, 3.05) is 0 Å². The Morgan fingerprint density at radius 2 is 2.17 bits per heavy atom. The van der Waals surface area contributed by atoms with Crippen molar-refractivity contribution in [3.63, 3.8) is 0 Å². The Balaban J connectivity index is 3.00. The number of rotatable bonds is 1. The summed E-state index contributed by atoms with van der Waals surface area (Å²) in [5.74, 6) is 0.0606. The van der Waals surface area contributed by atoms with Gasteiger partial charge in [-0.2, -0.15) is 5.10 Å². The first kappa shape index (κ1) is 8.77. The van der Waals surface area contributed by atoms with Crippen molar-refractivity contribution in [3.05, 3.63) is 18.0 Å². The zero-order valence-electron chi connectivity index (χ0n) is 7.63. The minimum absolute atomic E-state index is 0.0479. The highest BCUT2D eigenvalue weighted by molar-refractivity contribution is 5.94. The van der Waals surface area contributed by atoms with Gasteiger partial charge in [0.25, 0.3) is 0 Å². The molecule has 0 saturated carbocycles. The van der Waals surface area contributed by atoms with Crippen LogP contribution in [0.1, 0.15) is 26.3 Å². The van der Waals surface area contributed by atoms with Crippen molar-refractivity contribution in [1.29, 1.82) is 5.41 Å². The summed E-state index contributed by atoms with van der Waals surface area (Å²) in [5, 5.41) is 11.3. The lowest BCUT2D eigenvalue weighted by atomic mass is 10.1. The molecule has 3 N–H and O–H groups in total. The van der Waals surface area contributed by atoms with Crippen LogP contribution in [0.2, 0.25) is 0 Å². The Hall–Kier alpha value is -1.32. The van der Waals surface area contributed by atoms with Crippen molar-refractivity contribution in [2.24, 2.45) is 5.73 Å². The third kappa shape index (κ3) is 1.64. The highest BCUT2D eigenvalue weighted by Crippen LogP contribution is 2.12. The molecule has 0 aliphatic rings. The van der Waals surface area contributed by atoms with Crippen LogP contribution in [-0.4, -0.2) is 15.6 Å². The quantitative estimate of drug-likeness (QED) is 0.481. The molecule has 0 aliphatic carbocycles. The van der Waals surface area contributed by atoms with Crippen LogP contribution >= 0.6 is 0 Å². The van der Waals surface area contributed by atoms with E-state index in [1.54, 1.807) is 17.1 Å². The predicted octanol–water partition coefficient (Wildman–Crippen LogP) is 0.922. The first-order chi connectivity index (χ1) is 5.41. The number of nitrogens with two attached hydrogens (primary N) is 1. The highest BCUT2D eigenvalue weighted by Gasteiger charge is 2.14. The van der Waals surface area contributed by atoms with Crippen LogP contribution in [0.3, 0.4) is 0 Å². The number of nitrogens with one attached hydrogen (secondary N) is 1. The van der Waals surface area contributed by atoms with E-state index in [9.17, 15) is 0 Å². The standard InChI is InChI=1S/C8H14N4/c1-8(2,3)12-5-6(4-11-12)7(9)10/h4-5H,1-3H3,(H3,9,10). The van der Waals surface area contributed by atoms with Gasteiger partial charge in [0.1, 0.15) is 5.84 Å². The van der Waals surface area contributed by atoms with Crippen molar-refractivity contribution >= 4 is 5.84 Å². The first-order valence-electron chi connectivity index (χ1n) is 3.81. The summed E-state index contributed by atoms with van der Waals surface area (Å²) in [4.78, 5) is 0. The van der Waals surface area contributed by atoms with Crippen molar-refractivity contribution in [3.8, 4) is 0 Å². The summed E-state index contributed by atoms with van der Waals surface area (Å²) < 4.78 is 1.80. The largest absolute Gasteiger partial charge is 0.384 e. The summed E-state index contributed by atoms with van der Waals surface area (Å²) in [6.45, 7) is 6.14. The normalized spacial score (nSPS) is 11.6. The fraction of sp³-hybridized carbons (Fsp3) is 0.500. The van der Waals surface area contributed by atoms with Gasteiger partial charge in [-0.05, 0) is 20.8 Å². The Kier molecular flexibility index (Phi) is 1.92. The monoisotopic (exact) mass is 166 g/mol. The molecule has 0 spiro atoms. The molecular formula is C8H14N4. The molecule has 0 fully saturated rings. The van der Waals surface area contributed by atoms with Gasteiger partial charge in [0.2, 0.25) is 0 Å². The molecule has 0 unspecified atom stereocenters. The summed E-state index contributed by atoms with van der Waals surface area (Å²) in [7, 11) is 0. The average molecular weight is 166 g/mol. The van der Waals surface area contributed by atoms with E-state index >= 15 is 0 Å². The number of hydrogen-bond acceptors (Lipinski definition) is 2. The number of aromatic nitrogens is 2. The van der Waals surface area contributed by atoms with E-state index in [4.69, 9.17) is 11.1 Å². The van der Waals surface area contributed by atoms with Crippen LogP contribution in [0.4, 0.5) is 0 Å². The van der Waals surface area contributed by atoms with E-state index < -0.39 is 0 Å². The van der Waals surface area contributed by atoms with E-state index in [0.717, 1.165) is 0 Å². The maximum absolute atomic E-state index is 7.18. The van der Waals surface area contributed by atoms with Gasteiger partial charge in [0.15, 0.2) is 0 Å². The van der Waals surface area contributed by atoms with Gasteiger partial charge in [0, 0.05) is 6.20 Å². The van der Waals surface area contributed by atoms with E-state index in [2.05, 4.69) is 5.10 Å². The van der Waals surface area contributed by atoms with Crippen LogP contribution in [0.15, 0.2) is 12.4 Å². The number of nitrogen functional groups attached to an aromatic ring is 1. The maximum Gasteiger partial charge on any atom is 0.125 e. The lowest BCUT2D eigenvalue weighted by Gasteiger charge is -2.18. The topological polar surface area (TPSA) is 67.7 Å². The molecule has 1 aromatic heterocycles. The average Bonchev–Trinajstić information content (AvgIpc) is 2.30. The number of amidine groups is 1. The van der Waals surface area contributed by atoms with Gasteiger partial charge in [-0.15, -0.1) is 0 Å². The van der Waals surface area contributed by atoms with Crippen molar-refractivity contribution in [1.82, 2.24) is 9.78 Å². The molecule has 1 rings (SSSR count). The van der Waals surface area contributed by atoms with Crippen LogP contribution < -0.4 is 5.73 Å². The fourth-order valence-electron chi connectivity index (χ4n) is 0.829. The van der Waals surface area contributed by atoms with E-state index in [1.165, 1.54) is 0 Å². The van der Waals surface area contributed by atoms with Gasteiger partial charge >= 0.3 is 0 Å². The second-order valence-electron chi connectivity index (χ2n) is 3.76. The molecule has 4 nitrogen and oxygen atoms in total. The molecule has 0 atom stereocenters. The summed E-state index contributed by atoms with van der Waals surface area (Å²) >= 11 is 0. The highest BCUT2D eigenvalue weighted by atomic mass is 15.3. The van der Waals surface area contributed by atoms with Crippen molar-refractivity contribution < 1.29 is 0 Å². The summed E-state index contributed by atoms with van der Waals surface area (Å²) in [6.07, 6.45) is 3.38. The minimum atomic E-state index is -0.0479. The van der Waals surface area contributed by atoms with Crippen molar-refractivity contribution in [2.45, 2.75) is 26.3 Å². The molecule has 0 aromatic carbocycles. The fourth-order valence-corrected chi connectivity index (χ4v) is 0.829. The van der Waals surface area contributed by atoms with Gasteiger partial charge in [-0.25, -0.2) is 0 Å². The second kappa shape index (κ2) is 2.62. The van der Waals surface area contributed by atoms with Gasteiger partial charge in [0.05, 0.1) is 17.3 Å². The lowest BCUT2D eigenvalue weighted by Crippen LogP contribution is -2.22. The van der Waals surface area contributed by atoms with Gasteiger partial charge < -0.3 is 5.73 Å². The van der Waals surface area contributed by atoms with Crippen LogP contribution in [0.5, 0.6) is 0 Å². The first-order valence-corrected chi connectivity index (χ1v) is 3.81. The van der Waals surface area contributed by atoms with E-state index in [1.807, 2.05) is 20.8 Å². The lowest BCUT2D eigenvalue weighted by molar-refractivity contribution is 0.355. The van der Waals surface area contributed by atoms with Gasteiger partial charge in [-0.3, -0.25) is 10.1 Å². The molecule has 0 bridgehead atoms. The summed E-state index contributed by atoms with van der Waals surface area (Å²) in [6, 6.07) is 0. The summed E-state index contributed by atoms with van der Waals surface area (Å²) in [5.41, 5.74) is 5.92. The molecule has 4 heteroatoms. The smallest absolute Gasteiger partial charge is 0.125 e. The molecule has 1 aromatic rings. The SMILES string of the molecule is CC(C)(C)n1cc(C(=N)N)cn1.